The van der Waals surface area contributed by atoms with Crippen LogP contribution in [0.1, 0.15) is 17.5 Å². The first-order valence-electron chi connectivity index (χ1n) is 8.41. The van der Waals surface area contributed by atoms with Gasteiger partial charge in [-0.05, 0) is 37.5 Å². The molecule has 1 fully saturated rings. The zero-order valence-electron chi connectivity index (χ0n) is 14.6. The van der Waals surface area contributed by atoms with Crippen molar-refractivity contribution in [1.29, 1.82) is 0 Å². The van der Waals surface area contributed by atoms with E-state index in [4.69, 9.17) is 4.74 Å². The number of piperazine rings is 1. The molecule has 1 N–H and O–H groups in total. The SMILES string of the molecule is COCCCNC(=O)CN1CCN(c2cccc(C)c2C)CC1. The Kier molecular flexibility index (Phi) is 6.86. The molecule has 5 heteroatoms. The minimum absolute atomic E-state index is 0.112. The lowest BCUT2D eigenvalue weighted by atomic mass is 10.1. The monoisotopic (exact) mass is 319 g/mol. The van der Waals surface area contributed by atoms with Crippen LogP contribution < -0.4 is 10.2 Å². The van der Waals surface area contributed by atoms with Crippen molar-refractivity contribution in [3.05, 3.63) is 29.3 Å². The molecule has 1 aromatic rings. The molecule has 1 heterocycles. The Morgan fingerprint density at radius 1 is 1.22 bits per heavy atom. The van der Waals surface area contributed by atoms with Crippen molar-refractivity contribution < 1.29 is 9.53 Å². The molecule has 1 aliphatic rings. The molecule has 0 radical (unpaired) electrons. The van der Waals surface area contributed by atoms with E-state index < -0.39 is 0 Å². The molecule has 0 aliphatic carbocycles. The van der Waals surface area contributed by atoms with Crippen LogP contribution in [0.2, 0.25) is 0 Å². The van der Waals surface area contributed by atoms with Crippen molar-refractivity contribution in [3.63, 3.8) is 0 Å². The van der Waals surface area contributed by atoms with Gasteiger partial charge in [0.1, 0.15) is 0 Å². The highest BCUT2D eigenvalue weighted by Crippen LogP contribution is 2.23. The Labute approximate surface area is 139 Å². The fraction of sp³-hybridized carbons (Fsp3) is 0.611. The van der Waals surface area contributed by atoms with Crippen molar-refractivity contribution in [2.75, 3.05) is 57.9 Å². The van der Waals surface area contributed by atoms with Crippen LogP contribution in [0.4, 0.5) is 5.69 Å². The molecular formula is C18H29N3O2. The van der Waals surface area contributed by atoms with Crippen molar-refractivity contribution >= 4 is 11.6 Å². The zero-order valence-corrected chi connectivity index (χ0v) is 14.6. The molecule has 0 unspecified atom stereocenters. The standard InChI is InChI=1S/C18H29N3O2/c1-15-6-4-7-17(16(15)2)21-11-9-20(10-12-21)14-18(22)19-8-5-13-23-3/h4,6-7H,5,8-14H2,1-3H3,(H,19,22). The van der Waals surface area contributed by atoms with Crippen molar-refractivity contribution in [3.8, 4) is 0 Å². The highest BCUT2D eigenvalue weighted by molar-refractivity contribution is 5.78. The van der Waals surface area contributed by atoms with E-state index in [1.807, 2.05) is 0 Å². The van der Waals surface area contributed by atoms with E-state index in [9.17, 15) is 4.79 Å². The number of aryl methyl sites for hydroxylation is 1. The molecule has 1 amide bonds. The average Bonchev–Trinajstić information content (AvgIpc) is 2.55. The van der Waals surface area contributed by atoms with Gasteiger partial charge in [-0.25, -0.2) is 0 Å². The number of nitrogens with zero attached hydrogens (tertiary/aromatic N) is 2. The molecule has 1 aromatic carbocycles. The topological polar surface area (TPSA) is 44.8 Å². The lowest BCUT2D eigenvalue weighted by molar-refractivity contribution is -0.122. The van der Waals surface area contributed by atoms with Crippen LogP contribution in [0, 0.1) is 13.8 Å². The summed E-state index contributed by atoms with van der Waals surface area (Å²) in [5, 5.41) is 2.95. The summed E-state index contributed by atoms with van der Waals surface area (Å²) in [6, 6.07) is 6.47. The number of amides is 1. The number of rotatable bonds is 7. The first-order valence-corrected chi connectivity index (χ1v) is 8.41. The summed E-state index contributed by atoms with van der Waals surface area (Å²) in [6.45, 7) is 10.0. The Bertz CT molecular complexity index is 511. The normalized spacial score (nSPS) is 15.7. The lowest BCUT2D eigenvalue weighted by Crippen LogP contribution is -2.49. The van der Waals surface area contributed by atoms with Crippen LogP contribution in [-0.2, 0) is 9.53 Å². The summed E-state index contributed by atoms with van der Waals surface area (Å²) in [7, 11) is 1.68. The summed E-state index contributed by atoms with van der Waals surface area (Å²) in [5.74, 6) is 0.112. The molecule has 0 aromatic heterocycles. The minimum Gasteiger partial charge on any atom is -0.385 e. The molecular weight excluding hydrogens is 290 g/mol. The van der Waals surface area contributed by atoms with E-state index >= 15 is 0 Å². The van der Waals surface area contributed by atoms with Crippen LogP contribution in [0.3, 0.4) is 0 Å². The Morgan fingerprint density at radius 3 is 2.65 bits per heavy atom. The summed E-state index contributed by atoms with van der Waals surface area (Å²) >= 11 is 0. The number of carbonyl (C=O) groups excluding carboxylic acids is 1. The fourth-order valence-electron chi connectivity index (χ4n) is 2.93. The maximum Gasteiger partial charge on any atom is 0.234 e. The number of anilines is 1. The number of benzene rings is 1. The van der Waals surface area contributed by atoms with Gasteiger partial charge in [0.25, 0.3) is 0 Å². The van der Waals surface area contributed by atoms with Gasteiger partial charge < -0.3 is 15.0 Å². The predicted octanol–water partition coefficient (Wildman–Crippen LogP) is 1.58. The van der Waals surface area contributed by atoms with Gasteiger partial charge >= 0.3 is 0 Å². The molecule has 0 spiro atoms. The van der Waals surface area contributed by atoms with E-state index in [-0.39, 0.29) is 5.91 Å². The lowest BCUT2D eigenvalue weighted by Gasteiger charge is -2.36. The Balaban J connectivity index is 1.75. The Hall–Kier alpha value is -1.59. The van der Waals surface area contributed by atoms with Crippen molar-refractivity contribution in [1.82, 2.24) is 10.2 Å². The average molecular weight is 319 g/mol. The predicted molar refractivity (Wildman–Crippen MR) is 94.1 cm³/mol. The summed E-state index contributed by atoms with van der Waals surface area (Å²) in [6.07, 6.45) is 0.864. The number of methoxy groups -OCH3 is 1. The fourth-order valence-corrected chi connectivity index (χ4v) is 2.93. The molecule has 128 valence electrons. The maximum atomic E-state index is 11.9. The number of hydrogen-bond acceptors (Lipinski definition) is 4. The van der Waals surface area contributed by atoms with E-state index in [0.29, 0.717) is 19.7 Å². The molecule has 0 atom stereocenters. The summed E-state index contributed by atoms with van der Waals surface area (Å²) in [4.78, 5) is 16.6. The molecule has 1 aliphatic heterocycles. The van der Waals surface area contributed by atoms with E-state index in [0.717, 1.165) is 32.6 Å². The number of hydrogen-bond donors (Lipinski definition) is 1. The number of ether oxygens (including phenoxy) is 1. The minimum atomic E-state index is 0.112. The second kappa shape index (κ2) is 8.89. The molecule has 1 saturated heterocycles. The van der Waals surface area contributed by atoms with E-state index in [2.05, 4.69) is 47.2 Å². The van der Waals surface area contributed by atoms with Crippen LogP contribution in [0.15, 0.2) is 18.2 Å². The van der Waals surface area contributed by atoms with Crippen LogP contribution in [0.5, 0.6) is 0 Å². The van der Waals surface area contributed by atoms with Gasteiger partial charge in [0.15, 0.2) is 0 Å². The largest absolute Gasteiger partial charge is 0.385 e. The summed E-state index contributed by atoms with van der Waals surface area (Å²) < 4.78 is 4.98. The molecule has 2 rings (SSSR count). The van der Waals surface area contributed by atoms with E-state index in [1.54, 1.807) is 7.11 Å². The first-order chi connectivity index (χ1) is 11.1. The third kappa shape index (κ3) is 5.22. The molecule has 0 saturated carbocycles. The molecule has 5 nitrogen and oxygen atoms in total. The van der Waals surface area contributed by atoms with Crippen LogP contribution in [-0.4, -0.2) is 63.8 Å². The quantitative estimate of drug-likeness (QED) is 0.775. The van der Waals surface area contributed by atoms with Gasteiger partial charge in [0.2, 0.25) is 5.91 Å². The van der Waals surface area contributed by atoms with Crippen LogP contribution in [0.25, 0.3) is 0 Å². The first kappa shape index (κ1) is 17.8. The zero-order chi connectivity index (χ0) is 16.7. The van der Waals surface area contributed by atoms with Gasteiger partial charge in [-0.1, -0.05) is 12.1 Å². The van der Waals surface area contributed by atoms with Gasteiger partial charge in [-0.2, -0.15) is 0 Å². The van der Waals surface area contributed by atoms with Gasteiger partial charge in [0, 0.05) is 52.1 Å². The molecule has 0 bridgehead atoms. The Morgan fingerprint density at radius 2 is 1.96 bits per heavy atom. The van der Waals surface area contributed by atoms with Crippen molar-refractivity contribution in [2.45, 2.75) is 20.3 Å². The highest BCUT2D eigenvalue weighted by Gasteiger charge is 2.20. The maximum absolute atomic E-state index is 11.9. The van der Waals surface area contributed by atoms with Gasteiger partial charge in [-0.15, -0.1) is 0 Å². The molecule has 23 heavy (non-hydrogen) atoms. The number of nitrogens with one attached hydrogen (secondary N) is 1. The second-order valence-corrected chi connectivity index (χ2v) is 6.18. The van der Waals surface area contributed by atoms with Gasteiger partial charge in [-0.3, -0.25) is 9.69 Å². The third-order valence-electron chi connectivity index (χ3n) is 4.50. The van der Waals surface area contributed by atoms with E-state index in [1.165, 1.54) is 16.8 Å². The van der Waals surface area contributed by atoms with Gasteiger partial charge in [0.05, 0.1) is 6.54 Å². The third-order valence-corrected chi connectivity index (χ3v) is 4.50. The van der Waals surface area contributed by atoms with Crippen LogP contribution >= 0.6 is 0 Å². The smallest absolute Gasteiger partial charge is 0.234 e. The highest BCUT2D eigenvalue weighted by atomic mass is 16.5. The summed E-state index contributed by atoms with van der Waals surface area (Å²) in [5.41, 5.74) is 4.02. The van der Waals surface area contributed by atoms with Crippen molar-refractivity contribution in [2.24, 2.45) is 0 Å². The second-order valence-electron chi connectivity index (χ2n) is 6.18. The number of carbonyl (C=O) groups is 1.